The Hall–Kier alpha value is -1.10. The quantitative estimate of drug-likeness (QED) is 0.637. The van der Waals surface area contributed by atoms with Crippen LogP contribution in [0.15, 0.2) is 0 Å². The number of nitrogens with one attached hydrogen (secondary N) is 1. The third-order valence-corrected chi connectivity index (χ3v) is 2.68. The molecule has 0 radical (unpaired) electrons. The van der Waals surface area contributed by atoms with Crippen LogP contribution in [0.3, 0.4) is 0 Å². The molecule has 1 rings (SSSR count). The molecule has 1 aliphatic carbocycles. The summed E-state index contributed by atoms with van der Waals surface area (Å²) in [4.78, 5) is 22.5. The van der Waals surface area contributed by atoms with Crippen LogP contribution in [0.2, 0.25) is 0 Å². The first-order valence-corrected chi connectivity index (χ1v) is 5.06. The van der Waals surface area contributed by atoms with Gasteiger partial charge in [0.25, 0.3) is 0 Å². The van der Waals surface area contributed by atoms with Gasteiger partial charge in [-0.1, -0.05) is 13.8 Å². The van der Waals surface area contributed by atoms with Gasteiger partial charge in [-0.25, -0.2) is 0 Å². The van der Waals surface area contributed by atoms with Gasteiger partial charge in [0.15, 0.2) is 0 Å². The van der Waals surface area contributed by atoms with E-state index in [0.29, 0.717) is 12.8 Å². The molecule has 0 aromatic heterocycles. The average Bonchev–Trinajstić information content (AvgIpc) is 2.13. The van der Waals surface area contributed by atoms with E-state index in [4.69, 9.17) is 5.73 Å². The van der Waals surface area contributed by atoms with Crippen molar-refractivity contribution in [2.75, 3.05) is 7.11 Å². The van der Waals surface area contributed by atoms with Crippen LogP contribution in [0.1, 0.15) is 26.7 Å². The molecule has 0 spiro atoms. The Morgan fingerprint density at radius 2 is 2.00 bits per heavy atom. The number of nitrogens with two attached hydrogens (primary N) is 1. The Morgan fingerprint density at radius 3 is 2.40 bits per heavy atom. The fourth-order valence-electron chi connectivity index (χ4n) is 1.66. The molecule has 86 valence electrons. The maximum atomic E-state index is 11.3. The van der Waals surface area contributed by atoms with E-state index in [-0.39, 0.29) is 17.9 Å². The summed E-state index contributed by atoms with van der Waals surface area (Å²) < 4.78 is 4.58. The Kier molecular flexibility index (Phi) is 3.34. The van der Waals surface area contributed by atoms with Crippen molar-refractivity contribution in [1.82, 2.24) is 5.32 Å². The zero-order chi connectivity index (χ0) is 11.6. The van der Waals surface area contributed by atoms with Crippen molar-refractivity contribution < 1.29 is 14.3 Å². The first kappa shape index (κ1) is 12.0. The highest BCUT2D eigenvalue weighted by Crippen LogP contribution is 2.31. The summed E-state index contributed by atoms with van der Waals surface area (Å²) in [5.41, 5.74) is 4.87. The highest BCUT2D eigenvalue weighted by Gasteiger charge is 2.48. The third kappa shape index (κ3) is 2.47. The zero-order valence-electron chi connectivity index (χ0n) is 9.37. The molecule has 0 bridgehead atoms. The van der Waals surface area contributed by atoms with Gasteiger partial charge in [-0.3, -0.25) is 9.59 Å². The lowest BCUT2D eigenvalue weighted by Crippen LogP contribution is -2.65. The van der Waals surface area contributed by atoms with Gasteiger partial charge in [0.1, 0.15) is 5.54 Å². The van der Waals surface area contributed by atoms with Crippen LogP contribution in [0.25, 0.3) is 0 Å². The lowest BCUT2D eigenvalue weighted by Gasteiger charge is -2.42. The van der Waals surface area contributed by atoms with Crippen LogP contribution < -0.4 is 11.1 Å². The molecule has 1 saturated carbocycles. The Labute approximate surface area is 89.3 Å². The average molecular weight is 214 g/mol. The standard InChI is InChI=1S/C10H18N2O3/c1-6(2)8(13)12-7-4-10(11,5-7)9(14)15-3/h6-7H,4-5,11H2,1-3H3,(H,12,13). The smallest absolute Gasteiger partial charge is 0.325 e. The van der Waals surface area contributed by atoms with Crippen molar-refractivity contribution in [1.29, 1.82) is 0 Å². The molecule has 0 unspecified atom stereocenters. The fraction of sp³-hybridized carbons (Fsp3) is 0.800. The molecule has 1 aliphatic rings. The van der Waals surface area contributed by atoms with E-state index in [0.717, 1.165) is 0 Å². The molecular weight excluding hydrogens is 196 g/mol. The molecule has 0 aromatic carbocycles. The van der Waals surface area contributed by atoms with Crippen LogP contribution >= 0.6 is 0 Å². The number of hydrogen-bond acceptors (Lipinski definition) is 4. The van der Waals surface area contributed by atoms with E-state index in [1.54, 1.807) is 0 Å². The van der Waals surface area contributed by atoms with Crippen LogP contribution in [0.4, 0.5) is 0 Å². The topological polar surface area (TPSA) is 81.4 Å². The molecule has 15 heavy (non-hydrogen) atoms. The normalized spacial score (nSPS) is 29.5. The second-order valence-corrected chi connectivity index (χ2v) is 4.42. The minimum absolute atomic E-state index is 0.00370. The molecule has 0 saturated heterocycles. The van der Waals surface area contributed by atoms with E-state index in [2.05, 4.69) is 10.1 Å². The zero-order valence-corrected chi connectivity index (χ0v) is 9.37. The van der Waals surface area contributed by atoms with Crippen molar-refractivity contribution in [3.05, 3.63) is 0 Å². The number of carbonyl (C=O) groups is 2. The SMILES string of the molecule is COC(=O)C1(N)CC(NC(=O)C(C)C)C1. The number of methoxy groups -OCH3 is 1. The highest BCUT2D eigenvalue weighted by atomic mass is 16.5. The second-order valence-electron chi connectivity index (χ2n) is 4.42. The minimum Gasteiger partial charge on any atom is -0.468 e. The van der Waals surface area contributed by atoms with E-state index >= 15 is 0 Å². The molecule has 1 fully saturated rings. The van der Waals surface area contributed by atoms with E-state index in [1.165, 1.54) is 7.11 Å². The molecule has 5 heteroatoms. The summed E-state index contributed by atoms with van der Waals surface area (Å²) in [5.74, 6) is -0.458. The molecule has 0 heterocycles. The first-order chi connectivity index (χ1) is 6.89. The fourth-order valence-corrected chi connectivity index (χ4v) is 1.66. The van der Waals surface area contributed by atoms with Crippen molar-refractivity contribution >= 4 is 11.9 Å². The third-order valence-electron chi connectivity index (χ3n) is 2.68. The number of carbonyl (C=O) groups excluding carboxylic acids is 2. The van der Waals surface area contributed by atoms with Gasteiger partial charge in [-0.15, -0.1) is 0 Å². The highest BCUT2D eigenvalue weighted by molar-refractivity contribution is 5.83. The Balaban J connectivity index is 2.37. The van der Waals surface area contributed by atoms with Crippen LogP contribution in [-0.4, -0.2) is 30.6 Å². The van der Waals surface area contributed by atoms with E-state index in [1.807, 2.05) is 13.8 Å². The number of esters is 1. The van der Waals surface area contributed by atoms with Crippen molar-refractivity contribution in [2.45, 2.75) is 38.3 Å². The number of rotatable bonds is 3. The molecule has 0 atom stereocenters. The monoisotopic (exact) mass is 214 g/mol. The maximum Gasteiger partial charge on any atom is 0.325 e. The Bertz CT molecular complexity index is 270. The van der Waals surface area contributed by atoms with E-state index < -0.39 is 11.5 Å². The number of ether oxygens (including phenoxy) is 1. The van der Waals surface area contributed by atoms with Gasteiger partial charge in [0.05, 0.1) is 7.11 Å². The van der Waals surface area contributed by atoms with Gasteiger partial charge in [-0.2, -0.15) is 0 Å². The maximum absolute atomic E-state index is 11.3. The van der Waals surface area contributed by atoms with Gasteiger partial charge in [-0.05, 0) is 12.8 Å². The number of hydrogen-bond donors (Lipinski definition) is 2. The van der Waals surface area contributed by atoms with Crippen LogP contribution in [0.5, 0.6) is 0 Å². The second kappa shape index (κ2) is 4.18. The summed E-state index contributed by atoms with van der Waals surface area (Å²) in [6.07, 6.45) is 0.913. The van der Waals surface area contributed by atoms with E-state index in [9.17, 15) is 9.59 Å². The van der Waals surface area contributed by atoms with Crippen molar-refractivity contribution in [3.63, 3.8) is 0 Å². The molecule has 1 amide bonds. The van der Waals surface area contributed by atoms with Gasteiger partial charge in [0.2, 0.25) is 5.91 Å². The lowest BCUT2D eigenvalue weighted by molar-refractivity contribution is -0.152. The van der Waals surface area contributed by atoms with Gasteiger partial charge in [0, 0.05) is 12.0 Å². The lowest BCUT2D eigenvalue weighted by atomic mass is 9.73. The van der Waals surface area contributed by atoms with Crippen LogP contribution in [-0.2, 0) is 14.3 Å². The Morgan fingerprint density at radius 1 is 1.47 bits per heavy atom. The summed E-state index contributed by atoms with van der Waals surface area (Å²) in [6.45, 7) is 3.65. The molecule has 5 nitrogen and oxygen atoms in total. The predicted octanol–water partition coefficient (Wildman–Crippen LogP) is -0.208. The largest absolute Gasteiger partial charge is 0.468 e. The molecule has 3 N–H and O–H groups in total. The molecular formula is C10H18N2O3. The summed E-state index contributed by atoms with van der Waals surface area (Å²) >= 11 is 0. The van der Waals surface area contributed by atoms with Gasteiger partial charge < -0.3 is 15.8 Å². The predicted molar refractivity (Wildman–Crippen MR) is 54.9 cm³/mol. The summed E-state index contributed by atoms with van der Waals surface area (Å²) in [5, 5.41) is 2.82. The van der Waals surface area contributed by atoms with Crippen molar-refractivity contribution in [3.8, 4) is 0 Å². The molecule has 0 aromatic rings. The van der Waals surface area contributed by atoms with Gasteiger partial charge >= 0.3 is 5.97 Å². The molecule has 0 aliphatic heterocycles. The van der Waals surface area contributed by atoms with Crippen molar-refractivity contribution in [2.24, 2.45) is 11.7 Å². The summed E-state index contributed by atoms with van der Waals surface area (Å²) in [6, 6.07) is 0.00370. The number of amides is 1. The first-order valence-electron chi connectivity index (χ1n) is 5.06. The summed E-state index contributed by atoms with van der Waals surface area (Å²) in [7, 11) is 1.32. The van der Waals surface area contributed by atoms with Crippen LogP contribution in [0, 0.1) is 5.92 Å². The minimum atomic E-state index is -0.899.